The molecule has 0 aliphatic carbocycles. The highest BCUT2D eigenvalue weighted by Gasteiger charge is 2.40. The summed E-state index contributed by atoms with van der Waals surface area (Å²) >= 11 is 0. The molecule has 0 N–H and O–H groups in total. The minimum Gasteiger partial charge on any atom is -0.465 e. The second-order valence-electron chi connectivity index (χ2n) is 5.76. The first-order valence-corrected chi connectivity index (χ1v) is 8.54. The molecule has 0 heterocycles. The van der Waals surface area contributed by atoms with Crippen molar-refractivity contribution >= 4 is 17.4 Å². The molecule has 0 saturated carbocycles. The number of azo groups is 1. The number of carbonyl (C=O) groups is 2. The number of carbonyl (C=O) groups excluding carboxylic acids is 2. The van der Waals surface area contributed by atoms with Crippen LogP contribution in [-0.2, 0) is 9.53 Å². The molecule has 28 heavy (non-hydrogen) atoms. The zero-order chi connectivity index (χ0) is 21.4. The zero-order valence-corrected chi connectivity index (χ0v) is 15.6. The number of esters is 1. The van der Waals surface area contributed by atoms with Crippen LogP contribution in [0, 0.1) is 40.4 Å². The standard InChI is InChI=1S/C17H20F3N3O5/c1-4-6-7-21-22-8-10(17(25)28-5-2)16(24)11-12(18)9(3)13(19)14(20)15(11)23(26)27/h10H,4-8H2,1-3H3. The molecule has 0 saturated heterocycles. The molecule has 1 atom stereocenters. The summed E-state index contributed by atoms with van der Waals surface area (Å²) in [5, 5.41) is 18.6. The molecule has 0 aliphatic rings. The number of ketones is 1. The Hall–Kier alpha value is -2.85. The summed E-state index contributed by atoms with van der Waals surface area (Å²) in [6.07, 6.45) is 1.52. The lowest BCUT2D eigenvalue weighted by Gasteiger charge is -2.14. The summed E-state index contributed by atoms with van der Waals surface area (Å²) in [6, 6.07) is 0. The fraction of sp³-hybridized carbons (Fsp3) is 0.529. The van der Waals surface area contributed by atoms with Crippen molar-refractivity contribution in [1.29, 1.82) is 0 Å². The van der Waals surface area contributed by atoms with Gasteiger partial charge in [-0.05, 0) is 20.3 Å². The van der Waals surface area contributed by atoms with Gasteiger partial charge in [0, 0.05) is 5.56 Å². The van der Waals surface area contributed by atoms with Gasteiger partial charge in [0.2, 0.25) is 5.82 Å². The average molecular weight is 403 g/mol. The van der Waals surface area contributed by atoms with Crippen LogP contribution in [0.3, 0.4) is 0 Å². The van der Waals surface area contributed by atoms with Crippen molar-refractivity contribution in [2.45, 2.75) is 33.6 Å². The molecule has 1 aromatic carbocycles. The van der Waals surface area contributed by atoms with Gasteiger partial charge in [0.05, 0.1) is 24.6 Å². The van der Waals surface area contributed by atoms with Crippen molar-refractivity contribution in [3.05, 3.63) is 38.7 Å². The van der Waals surface area contributed by atoms with E-state index in [0.29, 0.717) is 13.0 Å². The van der Waals surface area contributed by atoms with E-state index in [9.17, 15) is 32.9 Å². The fourth-order valence-corrected chi connectivity index (χ4v) is 2.28. The summed E-state index contributed by atoms with van der Waals surface area (Å²) in [7, 11) is 0. The first kappa shape index (κ1) is 23.2. The van der Waals surface area contributed by atoms with Gasteiger partial charge in [0.15, 0.2) is 11.6 Å². The van der Waals surface area contributed by atoms with Gasteiger partial charge in [0.1, 0.15) is 17.3 Å². The number of rotatable bonds is 10. The van der Waals surface area contributed by atoms with Gasteiger partial charge in [-0.2, -0.15) is 14.6 Å². The predicted molar refractivity (Wildman–Crippen MR) is 91.7 cm³/mol. The third-order valence-electron chi connectivity index (χ3n) is 3.81. The molecular weight excluding hydrogens is 383 g/mol. The summed E-state index contributed by atoms with van der Waals surface area (Å²) in [4.78, 5) is 34.5. The number of nitro benzene ring substituents is 1. The van der Waals surface area contributed by atoms with E-state index in [1.807, 2.05) is 6.92 Å². The Bertz CT molecular complexity index is 799. The summed E-state index contributed by atoms with van der Waals surface area (Å²) < 4.78 is 46.9. The Balaban J connectivity index is 3.44. The molecule has 0 bridgehead atoms. The van der Waals surface area contributed by atoms with E-state index < -0.39 is 63.4 Å². The SMILES string of the molecule is CCCCN=NCC(C(=O)OCC)C(=O)c1c(F)c(C)c(F)c(F)c1[N+](=O)[O-]. The van der Waals surface area contributed by atoms with E-state index in [1.54, 1.807) is 0 Å². The van der Waals surface area contributed by atoms with Gasteiger partial charge in [-0.1, -0.05) is 13.3 Å². The van der Waals surface area contributed by atoms with Crippen LogP contribution in [0.25, 0.3) is 0 Å². The second kappa shape index (κ2) is 10.5. The van der Waals surface area contributed by atoms with Crippen molar-refractivity contribution in [3.63, 3.8) is 0 Å². The van der Waals surface area contributed by atoms with Crippen LogP contribution in [0.4, 0.5) is 18.9 Å². The summed E-state index contributed by atoms with van der Waals surface area (Å²) in [6.45, 7) is 3.80. The van der Waals surface area contributed by atoms with Crippen molar-refractivity contribution in [1.82, 2.24) is 0 Å². The van der Waals surface area contributed by atoms with Gasteiger partial charge in [-0.3, -0.25) is 19.7 Å². The van der Waals surface area contributed by atoms with E-state index in [-0.39, 0.29) is 6.61 Å². The normalized spacial score (nSPS) is 12.2. The molecule has 154 valence electrons. The molecule has 0 radical (unpaired) electrons. The highest BCUT2D eigenvalue weighted by molar-refractivity contribution is 6.11. The lowest BCUT2D eigenvalue weighted by molar-refractivity contribution is -0.388. The molecule has 0 aromatic heterocycles. The van der Waals surface area contributed by atoms with Crippen molar-refractivity contribution in [2.24, 2.45) is 16.1 Å². The van der Waals surface area contributed by atoms with E-state index in [2.05, 4.69) is 10.2 Å². The largest absolute Gasteiger partial charge is 0.465 e. The smallest absolute Gasteiger partial charge is 0.321 e. The molecule has 0 amide bonds. The van der Waals surface area contributed by atoms with Gasteiger partial charge >= 0.3 is 11.7 Å². The van der Waals surface area contributed by atoms with Crippen LogP contribution in [0.5, 0.6) is 0 Å². The van der Waals surface area contributed by atoms with Crippen molar-refractivity contribution in [3.8, 4) is 0 Å². The van der Waals surface area contributed by atoms with Crippen LogP contribution < -0.4 is 0 Å². The van der Waals surface area contributed by atoms with E-state index in [1.165, 1.54) is 6.92 Å². The number of benzene rings is 1. The molecule has 0 fully saturated rings. The highest BCUT2D eigenvalue weighted by atomic mass is 19.2. The third-order valence-corrected chi connectivity index (χ3v) is 3.81. The maximum Gasteiger partial charge on any atom is 0.321 e. The van der Waals surface area contributed by atoms with Gasteiger partial charge in [0.25, 0.3) is 0 Å². The monoisotopic (exact) mass is 403 g/mol. The number of ether oxygens (including phenoxy) is 1. The Morgan fingerprint density at radius 2 is 1.79 bits per heavy atom. The van der Waals surface area contributed by atoms with E-state index in [0.717, 1.165) is 13.3 Å². The maximum atomic E-state index is 14.5. The lowest BCUT2D eigenvalue weighted by atomic mass is 9.94. The van der Waals surface area contributed by atoms with Gasteiger partial charge in [-0.15, -0.1) is 0 Å². The molecule has 0 aliphatic heterocycles. The molecule has 1 rings (SSSR count). The zero-order valence-electron chi connectivity index (χ0n) is 15.6. The fourth-order valence-electron chi connectivity index (χ4n) is 2.28. The molecule has 11 heteroatoms. The van der Waals surface area contributed by atoms with Gasteiger partial charge < -0.3 is 4.74 Å². The maximum absolute atomic E-state index is 14.5. The number of Topliss-reactive ketones (excluding diaryl/α,β-unsaturated/α-hetero) is 1. The summed E-state index contributed by atoms with van der Waals surface area (Å²) in [5.41, 5.74) is -3.93. The second-order valence-corrected chi connectivity index (χ2v) is 5.76. The minimum atomic E-state index is -1.99. The Morgan fingerprint density at radius 3 is 2.32 bits per heavy atom. The Labute approximate surface area is 158 Å². The Morgan fingerprint density at radius 1 is 1.14 bits per heavy atom. The van der Waals surface area contributed by atoms with Crippen molar-refractivity contribution < 1.29 is 32.4 Å². The number of nitrogens with zero attached hydrogens (tertiary/aromatic N) is 3. The predicted octanol–water partition coefficient (Wildman–Crippen LogP) is 3.93. The Kier molecular flexibility index (Phi) is 8.68. The van der Waals surface area contributed by atoms with Crippen molar-refractivity contribution in [2.75, 3.05) is 19.7 Å². The molecule has 8 nitrogen and oxygen atoms in total. The number of hydrogen-bond acceptors (Lipinski definition) is 7. The van der Waals surface area contributed by atoms with E-state index in [4.69, 9.17) is 4.74 Å². The number of halogens is 3. The van der Waals surface area contributed by atoms with Crippen LogP contribution in [0.1, 0.15) is 42.6 Å². The van der Waals surface area contributed by atoms with Crippen LogP contribution in [-0.4, -0.2) is 36.4 Å². The number of hydrogen-bond donors (Lipinski definition) is 0. The quantitative estimate of drug-likeness (QED) is 0.0859. The highest BCUT2D eigenvalue weighted by Crippen LogP contribution is 2.32. The third kappa shape index (κ3) is 5.11. The summed E-state index contributed by atoms with van der Waals surface area (Å²) in [5.74, 6) is -9.74. The average Bonchev–Trinajstić information content (AvgIpc) is 2.65. The first-order valence-electron chi connectivity index (χ1n) is 8.54. The molecular formula is C17H20F3N3O5. The first-order chi connectivity index (χ1) is 13.2. The topological polar surface area (TPSA) is 111 Å². The number of nitro groups is 1. The van der Waals surface area contributed by atoms with E-state index >= 15 is 0 Å². The van der Waals surface area contributed by atoms with Crippen LogP contribution in [0.15, 0.2) is 10.2 Å². The molecule has 1 aromatic rings. The van der Waals surface area contributed by atoms with Crippen LogP contribution >= 0.6 is 0 Å². The number of unbranched alkanes of at least 4 members (excludes halogenated alkanes) is 1. The van der Waals surface area contributed by atoms with Crippen LogP contribution in [0.2, 0.25) is 0 Å². The minimum absolute atomic E-state index is 0.128. The molecule has 1 unspecified atom stereocenters. The molecule has 0 spiro atoms. The van der Waals surface area contributed by atoms with Gasteiger partial charge in [-0.25, -0.2) is 8.78 Å². The lowest BCUT2D eigenvalue weighted by Crippen LogP contribution is -2.30.